The molecule has 0 saturated heterocycles. The molecule has 0 spiro atoms. The van der Waals surface area contributed by atoms with Gasteiger partial charge in [-0.3, -0.25) is 4.79 Å². The first-order valence-corrected chi connectivity index (χ1v) is 7.02. The number of hydrogen-bond acceptors (Lipinski definition) is 6. The van der Waals surface area contributed by atoms with E-state index in [2.05, 4.69) is 9.72 Å². The molecule has 9 heteroatoms. The number of anilines is 1. The average molecular weight is 329 g/mol. The number of amides is 2. The van der Waals surface area contributed by atoms with E-state index in [9.17, 15) is 9.59 Å². The highest BCUT2D eigenvalue weighted by Gasteiger charge is 2.18. The molecule has 0 aliphatic rings. The highest BCUT2D eigenvalue weighted by molar-refractivity contribution is 6.13. The van der Waals surface area contributed by atoms with E-state index >= 15 is 0 Å². The summed E-state index contributed by atoms with van der Waals surface area (Å²) >= 11 is 0. The van der Waals surface area contributed by atoms with Gasteiger partial charge in [0.1, 0.15) is 12.1 Å². The molecule has 6 N–H and O–H groups in total. The van der Waals surface area contributed by atoms with Gasteiger partial charge in [0.2, 0.25) is 11.9 Å². The lowest BCUT2D eigenvalue weighted by molar-refractivity contribution is 0.100. The number of primary amides is 2. The van der Waals surface area contributed by atoms with Crippen LogP contribution in [0.3, 0.4) is 0 Å². The fourth-order valence-electron chi connectivity index (χ4n) is 2.52. The second kappa shape index (κ2) is 5.95. The molecular weight excluding hydrogens is 314 g/mol. The molecule has 3 rings (SSSR count). The van der Waals surface area contributed by atoms with Gasteiger partial charge in [0, 0.05) is 11.9 Å². The fourth-order valence-corrected chi connectivity index (χ4v) is 2.52. The third-order valence-electron chi connectivity index (χ3n) is 3.52. The van der Waals surface area contributed by atoms with Crippen molar-refractivity contribution in [2.24, 2.45) is 11.5 Å². The number of imidazole rings is 1. The summed E-state index contributed by atoms with van der Waals surface area (Å²) in [6.45, 7) is 0.431. The van der Waals surface area contributed by atoms with E-state index in [0.29, 0.717) is 34.1 Å². The molecular formula is C15H15N5O4. The van der Waals surface area contributed by atoms with Gasteiger partial charge in [0.15, 0.2) is 5.58 Å². The Morgan fingerprint density at radius 2 is 2.12 bits per heavy atom. The van der Waals surface area contributed by atoms with Gasteiger partial charge >= 0.3 is 6.09 Å². The Bertz CT molecular complexity index is 969. The Balaban J connectivity index is 2.03. The summed E-state index contributed by atoms with van der Waals surface area (Å²) in [4.78, 5) is 26.4. The van der Waals surface area contributed by atoms with E-state index in [1.54, 1.807) is 28.9 Å². The van der Waals surface area contributed by atoms with Gasteiger partial charge < -0.3 is 30.9 Å². The molecule has 3 aromatic rings. The van der Waals surface area contributed by atoms with E-state index in [1.165, 1.54) is 6.26 Å². The Labute approximate surface area is 135 Å². The van der Waals surface area contributed by atoms with Gasteiger partial charge in [-0.15, -0.1) is 0 Å². The number of nitrogens with two attached hydrogens (primary N) is 3. The van der Waals surface area contributed by atoms with Crippen LogP contribution in [0.15, 0.2) is 35.0 Å². The van der Waals surface area contributed by atoms with Crippen LogP contribution in [0.1, 0.15) is 10.4 Å². The van der Waals surface area contributed by atoms with E-state index in [4.69, 9.17) is 21.6 Å². The van der Waals surface area contributed by atoms with E-state index < -0.39 is 12.0 Å². The van der Waals surface area contributed by atoms with Crippen molar-refractivity contribution in [3.05, 3.63) is 36.1 Å². The third kappa shape index (κ3) is 2.62. The average Bonchev–Trinajstić information content (AvgIpc) is 3.09. The standard InChI is InChI=1S/C15H15N5O4/c16-13(21)9-7-10-11(12-8(9)3-6-23-12)20(14(17)19-10)4-1-2-5-24-15(18)22/h1-3,6-7H,4-5H2,(H2,16,21)(H2,17,19)(H2,18,22). The van der Waals surface area contributed by atoms with Crippen LogP contribution in [0.4, 0.5) is 10.7 Å². The molecule has 0 aliphatic heterocycles. The second-order valence-corrected chi connectivity index (χ2v) is 5.00. The maximum Gasteiger partial charge on any atom is 0.404 e. The molecule has 0 saturated carbocycles. The Kier molecular flexibility index (Phi) is 3.82. The van der Waals surface area contributed by atoms with Gasteiger partial charge in [0.05, 0.1) is 17.3 Å². The molecule has 9 nitrogen and oxygen atoms in total. The number of nitrogen functional groups attached to an aromatic ring is 1. The van der Waals surface area contributed by atoms with Crippen LogP contribution >= 0.6 is 0 Å². The summed E-state index contributed by atoms with van der Waals surface area (Å²) in [6, 6.07) is 3.25. The topological polar surface area (TPSA) is 152 Å². The van der Waals surface area contributed by atoms with Gasteiger partial charge in [-0.2, -0.15) is 0 Å². The van der Waals surface area contributed by atoms with Crippen LogP contribution in [0.25, 0.3) is 22.0 Å². The summed E-state index contributed by atoms with van der Waals surface area (Å²) in [5.41, 5.74) is 18.2. The number of aromatic nitrogens is 2. The maximum atomic E-state index is 11.6. The predicted octanol–water partition coefficient (Wildman–Crippen LogP) is 1.12. The van der Waals surface area contributed by atoms with E-state index in [-0.39, 0.29) is 12.6 Å². The lowest BCUT2D eigenvalue weighted by Gasteiger charge is -2.04. The third-order valence-corrected chi connectivity index (χ3v) is 3.52. The summed E-state index contributed by atoms with van der Waals surface area (Å²) in [5.74, 6) is -0.315. The van der Waals surface area contributed by atoms with Crippen LogP contribution in [-0.4, -0.2) is 28.2 Å². The first-order valence-electron chi connectivity index (χ1n) is 7.02. The number of carbonyl (C=O) groups excluding carboxylic acids is 2. The summed E-state index contributed by atoms with van der Waals surface area (Å²) in [7, 11) is 0. The number of furan rings is 1. The molecule has 0 radical (unpaired) electrons. The van der Waals surface area contributed by atoms with Crippen LogP contribution < -0.4 is 17.2 Å². The predicted molar refractivity (Wildman–Crippen MR) is 87.1 cm³/mol. The fraction of sp³-hybridized carbons (Fsp3) is 0.133. The largest absolute Gasteiger partial charge is 0.462 e. The summed E-state index contributed by atoms with van der Waals surface area (Å²) < 4.78 is 11.8. The minimum atomic E-state index is -0.844. The zero-order chi connectivity index (χ0) is 17.3. The van der Waals surface area contributed by atoms with Crippen molar-refractivity contribution in [1.29, 1.82) is 0 Å². The minimum absolute atomic E-state index is 0.0594. The van der Waals surface area contributed by atoms with E-state index in [0.717, 1.165) is 0 Å². The van der Waals surface area contributed by atoms with Gasteiger partial charge in [0.25, 0.3) is 0 Å². The first-order chi connectivity index (χ1) is 11.5. The SMILES string of the molecule is NC(=O)OCC=CCn1c(N)nc2cc(C(N)=O)c3ccoc3c21. The Morgan fingerprint density at radius 1 is 1.33 bits per heavy atom. The molecule has 2 aromatic heterocycles. The molecule has 124 valence electrons. The molecule has 2 amide bonds. The Morgan fingerprint density at radius 3 is 2.83 bits per heavy atom. The molecule has 0 unspecified atom stereocenters. The normalized spacial score (nSPS) is 11.5. The number of rotatable bonds is 5. The number of benzene rings is 1. The van der Waals surface area contributed by atoms with E-state index in [1.807, 2.05) is 0 Å². The van der Waals surface area contributed by atoms with Crippen molar-refractivity contribution in [1.82, 2.24) is 9.55 Å². The number of fused-ring (bicyclic) bond motifs is 3. The van der Waals surface area contributed by atoms with Crippen molar-refractivity contribution < 1.29 is 18.7 Å². The van der Waals surface area contributed by atoms with Crippen LogP contribution in [0.5, 0.6) is 0 Å². The quantitative estimate of drug-likeness (QED) is 0.596. The van der Waals surface area contributed by atoms with Crippen LogP contribution in [-0.2, 0) is 11.3 Å². The van der Waals surface area contributed by atoms with Crippen LogP contribution in [0.2, 0.25) is 0 Å². The van der Waals surface area contributed by atoms with Gasteiger partial charge in [-0.1, -0.05) is 6.08 Å². The maximum absolute atomic E-state index is 11.6. The van der Waals surface area contributed by atoms with Crippen molar-refractivity contribution >= 4 is 40.0 Å². The number of ether oxygens (including phenoxy) is 1. The van der Waals surface area contributed by atoms with Crippen molar-refractivity contribution in [3.63, 3.8) is 0 Å². The number of nitrogens with zero attached hydrogens (tertiary/aromatic N) is 2. The number of hydrogen-bond donors (Lipinski definition) is 3. The monoisotopic (exact) mass is 329 g/mol. The van der Waals surface area contributed by atoms with Crippen molar-refractivity contribution in [2.75, 3.05) is 12.3 Å². The summed E-state index contributed by atoms with van der Waals surface area (Å²) in [6.07, 6.45) is 4.01. The van der Waals surface area contributed by atoms with Gasteiger partial charge in [-0.25, -0.2) is 9.78 Å². The highest BCUT2D eigenvalue weighted by Crippen LogP contribution is 2.31. The second-order valence-electron chi connectivity index (χ2n) is 5.00. The number of allylic oxidation sites excluding steroid dienone is 1. The first kappa shape index (κ1) is 15.4. The summed E-state index contributed by atoms with van der Waals surface area (Å²) in [5, 5.41) is 0.595. The van der Waals surface area contributed by atoms with Crippen molar-refractivity contribution in [3.8, 4) is 0 Å². The molecule has 0 bridgehead atoms. The lowest BCUT2D eigenvalue weighted by atomic mass is 10.1. The lowest BCUT2D eigenvalue weighted by Crippen LogP contribution is -2.12. The molecule has 2 heterocycles. The smallest absolute Gasteiger partial charge is 0.404 e. The molecule has 0 aliphatic carbocycles. The zero-order valence-corrected chi connectivity index (χ0v) is 12.6. The zero-order valence-electron chi connectivity index (χ0n) is 12.6. The molecule has 24 heavy (non-hydrogen) atoms. The highest BCUT2D eigenvalue weighted by atomic mass is 16.5. The number of carbonyl (C=O) groups is 2. The molecule has 0 atom stereocenters. The van der Waals surface area contributed by atoms with Crippen LogP contribution in [0, 0.1) is 0 Å². The molecule has 1 aromatic carbocycles. The molecule has 0 fully saturated rings. The minimum Gasteiger partial charge on any atom is -0.462 e. The Hall–Kier alpha value is -3.49. The van der Waals surface area contributed by atoms with Crippen molar-refractivity contribution in [2.45, 2.75) is 6.54 Å². The van der Waals surface area contributed by atoms with Gasteiger partial charge in [-0.05, 0) is 18.2 Å².